The van der Waals surface area contributed by atoms with Gasteiger partial charge in [-0.2, -0.15) is 11.8 Å². The van der Waals surface area contributed by atoms with Crippen LogP contribution in [0.3, 0.4) is 0 Å². The summed E-state index contributed by atoms with van der Waals surface area (Å²) in [6, 6.07) is 0.634. The molecule has 3 heteroatoms. The van der Waals surface area contributed by atoms with Gasteiger partial charge in [-0.3, -0.25) is 0 Å². The molecule has 0 saturated heterocycles. The van der Waals surface area contributed by atoms with E-state index in [4.69, 9.17) is 0 Å². The SMILES string of the molecule is CSCC(C)(O)CNC1CCC(C)CC1. The fraction of sp³-hybridized carbons (Fsp3) is 1.00. The molecule has 0 aromatic heterocycles. The van der Waals surface area contributed by atoms with Crippen LogP contribution in [0.4, 0.5) is 0 Å². The van der Waals surface area contributed by atoms with E-state index in [1.807, 2.05) is 13.2 Å². The Kier molecular flexibility index (Phi) is 5.44. The summed E-state index contributed by atoms with van der Waals surface area (Å²) < 4.78 is 0. The third kappa shape index (κ3) is 5.23. The van der Waals surface area contributed by atoms with Gasteiger partial charge in [-0.25, -0.2) is 0 Å². The molecular formula is C12H25NOS. The predicted molar refractivity (Wildman–Crippen MR) is 68.4 cm³/mol. The van der Waals surface area contributed by atoms with Gasteiger partial charge in [0.2, 0.25) is 0 Å². The van der Waals surface area contributed by atoms with E-state index in [-0.39, 0.29) is 0 Å². The van der Waals surface area contributed by atoms with E-state index < -0.39 is 5.60 Å². The quantitative estimate of drug-likeness (QED) is 0.761. The normalized spacial score (nSPS) is 31.2. The molecular weight excluding hydrogens is 206 g/mol. The Balaban J connectivity index is 2.19. The lowest BCUT2D eigenvalue weighted by atomic mass is 9.87. The molecule has 0 amide bonds. The molecule has 1 unspecified atom stereocenters. The summed E-state index contributed by atoms with van der Waals surface area (Å²) in [6.07, 6.45) is 7.26. The standard InChI is InChI=1S/C12H25NOS/c1-10-4-6-11(7-5-10)13-8-12(2,14)9-15-3/h10-11,13-14H,4-9H2,1-3H3. The van der Waals surface area contributed by atoms with Crippen molar-refractivity contribution in [3.05, 3.63) is 0 Å². The highest BCUT2D eigenvalue weighted by atomic mass is 32.2. The Bertz CT molecular complexity index is 176. The number of hydrogen-bond acceptors (Lipinski definition) is 3. The van der Waals surface area contributed by atoms with Crippen LogP contribution in [-0.2, 0) is 0 Å². The summed E-state index contributed by atoms with van der Waals surface area (Å²) in [5.41, 5.74) is -0.553. The summed E-state index contributed by atoms with van der Waals surface area (Å²) in [5.74, 6) is 1.71. The highest BCUT2D eigenvalue weighted by molar-refractivity contribution is 7.98. The molecule has 0 aromatic carbocycles. The summed E-state index contributed by atoms with van der Waals surface area (Å²) >= 11 is 1.71. The summed E-state index contributed by atoms with van der Waals surface area (Å²) in [6.45, 7) is 4.98. The maximum atomic E-state index is 10.0. The largest absolute Gasteiger partial charge is 0.388 e. The molecule has 1 aliphatic rings. The van der Waals surface area contributed by atoms with Gasteiger partial charge < -0.3 is 10.4 Å². The minimum absolute atomic E-state index is 0.553. The highest BCUT2D eigenvalue weighted by Crippen LogP contribution is 2.23. The maximum absolute atomic E-state index is 10.0. The van der Waals surface area contributed by atoms with Crippen molar-refractivity contribution >= 4 is 11.8 Å². The first-order valence-electron chi connectivity index (χ1n) is 5.98. The minimum atomic E-state index is -0.553. The summed E-state index contributed by atoms with van der Waals surface area (Å²) in [4.78, 5) is 0. The van der Waals surface area contributed by atoms with E-state index in [1.54, 1.807) is 11.8 Å². The molecule has 2 N–H and O–H groups in total. The van der Waals surface area contributed by atoms with Crippen molar-refractivity contribution in [2.75, 3.05) is 18.6 Å². The van der Waals surface area contributed by atoms with Crippen molar-refractivity contribution in [3.8, 4) is 0 Å². The van der Waals surface area contributed by atoms with Crippen LogP contribution in [0.1, 0.15) is 39.5 Å². The molecule has 15 heavy (non-hydrogen) atoms. The highest BCUT2D eigenvalue weighted by Gasteiger charge is 2.23. The second-order valence-electron chi connectivity index (χ2n) is 5.27. The number of thioether (sulfide) groups is 1. The second-order valence-corrected chi connectivity index (χ2v) is 6.13. The number of aliphatic hydroxyl groups is 1. The van der Waals surface area contributed by atoms with Gasteiger partial charge in [-0.15, -0.1) is 0 Å². The van der Waals surface area contributed by atoms with Crippen LogP contribution in [0.2, 0.25) is 0 Å². The molecule has 0 radical (unpaired) electrons. The Morgan fingerprint density at radius 1 is 1.33 bits per heavy atom. The zero-order valence-electron chi connectivity index (χ0n) is 10.3. The lowest BCUT2D eigenvalue weighted by molar-refractivity contribution is 0.0786. The summed E-state index contributed by atoms with van der Waals surface area (Å²) in [7, 11) is 0. The molecule has 1 saturated carbocycles. The van der Waals surface area contributed by atoms with Gasteiger partial charge in [0.25, 0.3) is 0 Å². The topological polar surface area (TPSA) is 32.3 Å². The lowest BCUT2D eigenvalue weighted by Gasteiger charge is -2.30. The van der Waals surface area contributed by atoms with Crippen LogP contribution in [0.25, 0.3) is 0 Å². The maximum Gasteiger partial charge on any atom is 0.0833 e. The number of nitrogens with one attached hydrogen (secondary N) is 1. The van der Waals surface area contributed by atoms with Crippen LogP contribution in [0, 0.1) is 5.92 Å². The molecule has 1 rings (SSSR count). The molecule has 90 valence electrons. The average Bonchev–Trinajstić information content (AvgIpc) is 2.17. The van der Waals surface area contributed by atoms with Crippen LogP contribution in [0.15, 0.2) is 0 Å². The zero-order valence-corrected chi connectivity index (χ0v) is 11.1. The monoisotopic (exact) mass is 231 g/mol. The third-order valence-corrected chi connectivity index (χ3v) is 4.15. The molecule has 0 bridgehead atoms. The van der Waals surface area contributed by atoms with E-state index in [0.717, 1.165) is 18.2 Å². The lowest BCUT2D eigenvalue weighted by Crippen LogP contribution is -2.45. The van der Waals surface area contributed by atoms with E-state index >= 15 is 0 Å². The van der Waals surface area contributed by atoms with E-state index in [0.29, 0.717) is 6.04 Å². The Morgan fingerprint density at radius 2 is 1.93 bits per heavy atom. The van der Waals surface area contributed by atoms with Crippen molar-refractivity contribution in [1.82, 2.24) is 5.32 Å². The van der Waals surface area contributed by atoms with Gasteiger partial charge in [0.1, 0.15) is 0 Å². The van der Waals surface area contributed by atoms with Gasteiger partial charge in [-0.05, 0) is 44.8 Å². The first-order valence-corrected chi connectivity index (χ1v) is 7.37. The van der Waals surface area contributed by atoms with Crippen LogP contribution in [-0.4, -0.2) is 35.3 Å². The molecule has 2 nitrogen and oxygen atoms in total. The predicted octanol–water partition coefficient (Wildman–Crippen LogP) is 2.27. The first-order chi connectivity index (χ1) is 7.03. The number of hydrogen-bond donors (Lipinski definition) is 2. The molecule has 0 heterocycles. The van der Waals surface area contributed by atoms with Gasteiger partial charge >= 0.3 is 0 Å². The zero-order chi connectivity index (χ0) is 11.3. The van der Waals surface area contributed by atoms with Crippen molar-refractivity contribution in [2.24, 2.45) is 5.92 Å². The van der Waals surface area contributed by atoms with E-state index in [1.165, 1.54) is 25.7 Å². The molecule has 0 aromatic rings. The van der Waals surface area contributed by atoms with Gasteiger partial charge in [-0.1, -0.05) is 6.92 Å². The second kappa shape index (κ2) is 6.12. The fourth-order valence-corrected chi connectivity index (χ4v) is 2.91. The van der Waals surface area contributed by atoms with Crippen LogP contribution in [0.5, 0.6) is 0 Å². The molecule has 0 spiro atoms. The minimum Gasteiger partial charge on any atom is -0.388 e. The molecule has 1 aliphatic carbocycles. The van der Waals surface area contributed by atoms with Gasteiger partial charge in [0, 0.05) is 18.3 Å². The summed E-state index contributed by atoms with van der Waals surface area (Å²) in [5, 5.41) is 13.5. The van der Waals surface area contributed by atoms with Gasteiger partial charge in [0.05, 0.1) is 5.60 Å². The Labute approximate surface area is 98.2 Å². The molecule has 0 aliphatic heterocycles. The van der Waals surface area contributed by atoms with Crippen LogP contribution < -0.4 is 5.32 Å². The molecule has 1 fully saturated rings. The molecule has 1 atom stereocenters. The number of rotatable bonds is 5. The Hall–Kier alpha value is 0.270. The third-order valence-electron chi connectivity index (χ3n) is 3.24. The Morgan fingerprint density at radius 3 is 2.47 bits per heavy atom. The first kappa shape index (κ1) is 13.3. The average molecular weight is 231 g/mol. The van der Waals surface area contributed by atoms with Crippen molar-refractivity contribution in [3.63, 3.8) is 0 Å². The smallest absolute Gasteiger partial charge is 0.0833 e. The fourth-order valence-electron chi connectivity index (χ4n) is 2.19. The van der Waals surface area contributed by atoms with E-state index in [2.05, 4.69) is 12.2 Å². The van der Waals surface area contributed by atoms with Crippen molar-refractivity contribution in [1.29, 1.82) is 0 Å². The van der Waals surface area contributed by atoms with Crippen molar-refractivity contribution < 1.29 is 5.11 Å². The van der Waals surface area contributed by atoms with Crippen LogP contribution >= 0.6 is 11.8 Å². The van der Waals surface area contributed by atoms with Gasteiger partial charge in [0.15, 0.2) is 0 Å². The van der Waals surface area contributed by atoms with Crippen molar-refractivity contribution in [2.45, 2.75) is 51.2 Å². The van der Waals surface area contributed by atoms with E-state index in [9.17, 15) is 5.11 Å².